The first-order chi connectivity index (χ1) is 12.2. The first-order valence-electron chi connectivity index (χ1n) is 7.97. The van der Waals surface area contributed by atoms with Crippen LogP contribution in [-0.2, 0) is 4.74 Å². The first kappa shape index (κ1) is 15.1. The Bertz CT molecular complexity index is 1140. The summed E-state index contributed by atoms with van der Waals surface area (Å²) in [6.07, 6.45) is 0. The van der Waals surface area contributed by atoms with Gasteiger partial charge in [-0.3, -0.25) is 4.79 Å². The summed E-state index contributed by atoms with van der Waals surface area (Å²) in [7, 11) is 0. The van der Waals surface area contributed by atoms with E-state index in [9.17, 15) is 9.59 Å². The highest BCUT2D eigenvalue weighted by atomic mass is 16.5. The lowest BCUT2D eigenvalue weighted by Crippen LogP contribution is -2.25. The van der Waals surface area contributed by atoms with Crippen molar-refractivity contribution in [2.45, 2.75) is 6.92 Å². The summed E-state index contributed by atoms with van der Waals surface area (Å²) < 4.78 is 6.38. The fraction of sp³-hybridized carbons (Fsp3) is 0.105. The molecule has 2 aromatic carbocycles. The Morgan fingerprint density at radius 2 is 1.84 bits per heavy atom. The number of hydrogen-bond acceptors (Lipinski definition) is 4. The number of benzene rings is 2. The van der Waals surface area contributed by atoms with Gasteiger partial charge in [0.15, 0.2) is 5.69 Å². The van der Waals surface area contributed by atoms with E-state index in [1.807, 2.05) is 42.5 Å². The lowest BCUT2D eigenvalue weighted by Gasteiger charge is -2.08. The van der Waals surface area contributed by atoms with Crippen LogP contribution in [0.4, 0.5) is 0 Å². The van der Waals surface area contributed by atoms with E-state index < -0.39 is 5.97 Å². The molecule has 0 amide bonds. The van der Waals surface area contributed by atoms with E-state index in [0.717, 1.165) is 10.9 Å². The molecule has 1 N–H and O–H groups in total. The highest BCUT2D eigenvalue weighted by Gasteiger charge is 2.22. The van der Waals surface area contributed by atoms with E-state index in [0.29, 0.717) is 16.6 Å². The summed E-state index contributed by atoms with van der Waals surface area (Å²) in [4.78, 5) is 28.5. The molecule has 6 heteroatoms. The molecule has 25 heavy (non-hydrogen) atoms. The van der Waals surface area contributed by atoms with Crippen molar-refractivity contribution in [1.29, 1.82) is 0 Å². The zero-order valence-corrected chi connectivity index (χ0v) is 13.5. The van der Waals surface area contributed by atoms with Crippen LogP contribution in [0.3, 0.4) is 0 Å². The summed E-state index contributed by atoms with van der Waals surface area (Å²) in [6, 6.07) is 16.4. The van der Waals surface area contributed by atoms with Gasteiger partial charge in [0.1, 0.15) is 5.52 Å². The second kappa shape index (κ2) is 5.90. The van der Waals surface area contributed by atoms with Crippen LogP contribution in [-0.4, -0.2) is 27.3 Å². The number of fused-ring (bicyclic) bond motifs is 3. The van der Waals surface area contributed by atoms with Crippen LogP contribution < -0.4 is 5.56 Å². The highest BCUT2D eigenvalue weighted by molar-refractivity contribution is 6.15. The third-order valence-electron chi connectivity index (χ3n) is 4.02. The Hall–Kier alpha value is -3.41. The monoisotopic (exact) mass is 333 g/mol. The SMILES string of the molecule is CCOC(=O)c1nn(-c2ccccc2)c(=O)c2[nH]c3ccccc3c12. The molecule has 2 aromatic heterocycles. The molecule has 6 nitrogen and oxygen atoms in total. The van der Waals surface area contributed by atoms with Crippen molar-refractivity contribution < 1.29 is 9.53 Å². The second-order valence-corrected chi connectivity index (χ2v) is 5.54. The fourth-order valence-electron chi connectivity index (χ4n) is 2.94. The van der Waals surface area contributed by atoms with Crippen LogP contribution in [0.15, 0.2) is 59.4 Å². The molecule has 0 spiro atoms. The molecular formula is C19H15N3O3. The van der Waals surface area contributed by atoms with Crippen molar-refractivity contribution in [2.75, 3.05) is 6.61 Å². The summed E-state index contributed by atoms with van der Waals surface area (Å²) in [5.41, 5.74) is 1.50. The minimum Gasteiger partial charge on any atom is -0.461 e. The van der Waals surface area contributed by atoms with Crippen molar-refractivity contribution in [1.82, 2.24) is 14.8 Å². The molecule has 0 aliphatic rings. The van der Waals surface area contributed by atoms with E-state index in [-0.39, 0.29) is 17.9 Å². The lowest BCUT2D eigenvalue weighted by atomic mass is 10.1. The van der Waals surface area contributed by atoms with Crippen LogP contribution >= 0.6 is 0 Å². The molecule has 2 heterocycles. The molecule has 0 aliphatic carbocycles. The number of carbonyl (C=O) groups is 1. The van der Waals surface area contributed by atoms with Gasteiger partial charge >= 0.3 is 5.97 Å². The van der Waals surface area contributed by atoms with Crippen molar-refractivity contribution in [2.24, 2.45) is 0 Å². The highest BCUT2D eigenvalue weighted by Crippen LogP contribution is 2.26. The van der Waals surface area contributed by atoms with Gasteiger partial charge in [-0.25, -0.2) is 4.79 Å². The van der Waals surface area contributed by atoms with Crippen molar-refractivity contribution >= 4 is 27.8 Å². The van der Waals surface area contributed by atoms with Crippen LogP contribution in [0.5, 0.6) is 0 Å². The predicted molar refractivity (Wildman–Crippen MR) is 95.2 cm³/mol. The topological polar surface area (TPSA) is 77.0 Å². The van der Waals surface area contributed by atoms with E-state index in [1.54, 1.807) is 19.1 Å². The maximum atomic E-state index is 12.9. The summed E-state index contributed by atoms with van der Waals surface area (Å²) >= 11 is 0. The van der Waals surface area contributed by atoms with Crippen LogP contribution in [0.2, 0.25) is 0 Å². The number of ether oxygens (including phenoxy) is 1. The number of H-pyrrole nitrogens is 1. The number of rotatable bonds is 3. The number of aromatic amines is 1. The van der Waals surface area contributed by atoms with Gasteiger partial charge in [-0.1, -0.05) is 36.4 Å². The molecule has 4 rings (SSSR count). The summed E-state index contributed by atoms with van der Waals surface area (Å²) in [5, 5.41) is 5.58. The zero-order valence-electron chi connectivity index (χ0n) is 13.5. The number of aromatic nitrogens is 3. The quantitative estimate of drug-likeness (QED) is 0.585. The summed E-state index contributed by atoms with van der Waals surface area (Å²) in [6.45, 7) is 1.96. The Labute approximate surface area is 142 Å². The van der Waals surface area contributed by atoms with Crippen molar-refractivity contribution in [3.05, 3.63) is 70.6 Å². The van der Waals surface area contributed by atoms with Gasteiger partial charge in [-0.15, -0.1) is 0 Å². The van der Waals surface area contributed by atoms with Gasteiger partial charge in [0.2, 0.25) is 0 Å². The number of nitrogens with one attached hydrogen (secondary N) is 1. The second-order valence-electron chi connectivity index (χ2n) is 5.54. The van der Waals surface area contributed by atoms with Crippen LogP contribution in [0.25, 0.3) is 27.5 Å². The Morgan fingerprint density at radius 3 is 2.60 bits per heavy atom. The molecule has 0 radical (unpaired) electrons. The van der Waals surface area contributed by atoms with E-state index in [4.69, 9.17) is 4.74 Å². The largest absolute Gasteiger partial charge is 0.461 e. The molecule has 0 saturated carbocycles. The van der Waals surface area contributed by atoms with Gasteiger partial charge in [0, 0.05) is 16.3 Å². The third-order valence-corrected chi connectivity index (χ3v) is 4.02. The normalized spacial score (nSPS) is 11.1. The molecule has 0 saturated heterocycles. The molecule has 0 atom stereocenters. The number of carbonyl (C=O) groups excluding carboxylic acids is 1. The lowest BCUT2D eigenvalue weighted by molar-refractivity contribution is 0.0520. The minimum atomic E-state index is -0.554. The Morgan fingerprint density at radius 1 is 1.12 bits per heavy atom. The average molecular weight is 333 g/mol. The van der Waals surface area contributed by atoms with Crippen molar-refractivity contribution in [3.8, 4) is 5.69 Å². The predicted octanol–water partition coefficient (Wildman–Crippen LogP) is 3.04. The maximum Gasteiger partial charge on any atom is 0.359 e. The maximum absolute atomic E-state index is 12.9. The van der Waals surface area contributed by atoms with Crippen LogP contribution in [0, 0.1) is 0 Å². The van der Waals surface area contributed by atoms with Gasteiger partial charge in [0.05, 0.1) is 12.3 Å². The molecule has 4 aromatic rings. The Balaban J connectivity index is 2.13. The molecule has 0 aliphatic heterocycles. The van der Waals surface area contributed by atoms with Gasteiger partial charge in [0.25, 0.3) is 5.56 Å². The number of esters is 1. The van der Waals surface area contributed by atoms with Gasteiger partial charge in [-0.2, -0.15) is 9.78 Å². The zero-order chi connectivity index (χ0) is 17.4. The fourth-order valence-corrected chi connectivity index (χ4v) is 2.94. The molecule has 0 fully saturated rings. The smallest absolute Gasteiger partial charge is 0.359 e. The number of nitrogens with zero attached hydrogens (tertiary/aromatic N) is 2. The number of para-hydroxylation sites is 2. The van der Waals surface area contributed by atoms with Crippen LogP contribution in [0.1, 0.15) is 17.4 Å². The first-order valence-corrected chi connectivity index (χ1v) is 7.97. The third kappa shape index (κ3) is 2.39. The van der Waals surface area contributed by atoms with E-state index in [1.165, 1.54) is 4.68 Å². The van der Waals surface area contributed by atoms with E-state index >= 15 is 0 Å². The minimum absolute atomic E-state index is 0.123. The molecule has 124 valence electrons. The average Bonchev–Trinajstić information content (AvgIpc) is 3.03. The van der Waals surface area contributed by atoms with Gasteiger partial charge in [-0.05, 0) is 25.1 Å². The Kier molecular flexibility index (Phi) is 3.57. The molecule has 0 bridgehead atoms. The molecule has 0 unspecified atom stereocenters. The van der Waals surface area contributed by atoms with Crippen molar-refractivity contribution in [3.63, 3.8) is 0 Å². The van der Waals surface area contributed by atoms with Gasteiger partial charge < -0.3 is 9.72 Å². The standard InChI is InChI=1S/C19H15N3O3/c1-2-25-19(24)17-15-13-10-6-7-11-14(13)20-16(15)18(23)22(21-17)12-8-4-3-5-9-12/h3-11,20H,2H2,1H3. The summed E-state index contributed by atoms with van der Waals surface area (Å²) in [5.74, 6) is -0.554. The molecular weight excluding hydrogens is 318 g/mol. The number of hydrogen-bond donors (Lipinski definition) is 1. The van der Waals surface area contributed by atoms with E-state index in [2.05, 4.69) is 10.1 Å².